The molecule has 1 aromatic carbocycles. The molecular weight excluding hydrogens is 317 g/mol. The van der Waals surface area contributed by atoms with Gasteiger partial charge in [-0.15, -0.1) is 0 Å². The predicted octanol–water partition coefficient (Wildman–Crippen LogP) is 3.40. The van der Waals surface area contributed by atoms with E-state index in [1.165, 1.54) is 12.3 Å². The van der Waals surface area contributed by atoms with Gasteiger partial charge in [-0.1, -0.05) is 24.6 Å². The van der Waals surface area contributed by atoms with Gasteiger partial charge < -0.3 is 10.6 Å². The number of carbonyl (C=O) groups is 1. The number of amides is 1. The topological polar surface area (TPSA) is 59.2 Å². The number of halogens is 1. The Kier molecular flexibility index (Phi) is 5.13. The Morgan fingerprint density at radius 1 is 1.36 bits per heavy atom. The Balaban J connectivity index is 2.02. The average Bonchev–Trinajstić information content (AvgIpc) is 2.61. The maximum absolute atomic E-state index is 13.3. The average molecular weight is 341 g/mol. The number of hydrogen-bond acceptors (Lipinski definition) is 3. The molecule has 2 atom stereocenters. The summed E-state index contributed by atoms with van der Waals surface area (Å²) in [6.45, 7) is 5.28. The summed E-state index contributed by atoms with van der Waals surface area (Å²) in [5, 5.41) is 0. The molecule has 1 aliphatic heterocycles. The highest BCUT2D eigenvalue weighted by Crippen LogP contribution is 2.29. The van der Waals surface area contributed by atoms with Crippen LogP contribution in [0.25, 0.3) is 11.3 Å². The molecule has 2 N–H and O–H groups in total. The van der Waals surface area contributed by atoms with Gasteiger partial charge >= 0.3 is 0 Å². The number of rotatable bonds is 3. The Morgan fingerprint density at radius 2 is 2.16 bits per heavy atom. The monoisotopic (exact) mass is 341 g/mol. The standard InChI is InChI=1S/C20H24FN3O/c1-13-5-7-16(18-8-6-15(21)12-23-18)17(10-13)20(25)24-9-3-4-14(2)19(24)11-22/h5-8,10,12,14,19H,3-4,9,11,22H2,1-2H3. The highest BCUT2D eigenvalue weighted by atomic mass is 19.1. The lowest BCUT2D eigenvalue weighted by Crippen LogP contribution is -2.51. The van der Waals surface area contributed by atoms with Crippen LogP contribution in [0.2, 0.25) is 0 Å². The summed E-state index contributed by atoms with van der Waals surface area (Å²) >= 11 is 0. The lowest BCUT2D eigenvalue weighted by molar-refractivity contribution is 0.0533. The van der Waals surface area contributed by atoms with E-state index in [0.717, 1.165) is 30.5 Å². The minimum atomic E-state index is -0.392. The van der Waals surface area contributed by atoms with Gasteiger partial charge in [0.25, 0.3) is 5.91 Å². The summed E-state index contributed by atoms with van der Waals surface area (Å²) in [4.78, 5) is 19.3. The number of hydrogen-bond donors (Lipinski definition) is 1. The summed E-state index contributed by atoms with van der Waals surface area (Å²) in [6.07, 6.45) is 3.25. The molecule has 2 unspecified atom stereocenters. The molecule has 3 rings (SSSR count). The van der Waals surface area contributed by atoms with Crippen molar-refractivity contribution in [3.05, 3.63) is 53.5 Å². The summed E-state index contributed by atoms with van der Waals surface area (Å²) in [5.41, 5.74) is 8.88. The summed E-state index contributed by atoms with van der Waals surface area (Å²) in [5.74, 6) is -0.0245. The van der Waals surface area contributed by atoms with Crippen LogP contribution in [0, 0.1) is 18.7 Å². The zero-order valence-electron chi connectivity index (χ0n) is 14.7. The van der Waals surface area contributed by atoms with E-state index in [1.54, 1.807) is 6.07 Å². The molecule has 0 spiro atoms. The molecule has 0 bridgehead atoms. The largest absolute Gasteiger partial charge is 0.334 e. The highest BCUT2D eigenvalue weighted by molar-refractivity contribution is 6.01. The second kappa shape index (κ2) is 7.31. The maximum Gasteiger partial charge on any atom is 0.254 e. The molecule has 2 heterocycles. The van der Waals surface area contributed by atoms with Gasteiger partial charge in [-0.2, -0.15) is 0 Å². The molecular formula is C20H24FN3O. The van der Waals surface area contributed by atoms with E-state index in [-0.39, 0.29) is 11.9 Å². The third kappa shape index (κ3) is 3.56. The van der Waals surface area contributed by atoms with Crippen LogP contribution >= 0.6 is 0 Å². The molecule has 5 heteroatoms. The van der Waals surface area contributed by atoms with Crippen LogP contribution in [0.4, 0.5) is 4.39 Å². The lowest BCUT2D eigenvalue weighted by Gasteiger charge is -2.39. The van der Waals surface area contributed by atoms with Gasteiger partial charge in [-0.25, -0.2) is 4.39 Å². The number of carbonyl (C=O) groups excluding carboxylic acids is 1. The quantitative estimate of drug-likeness (QED) is 0.931. The van der Waals surface area contributed by atoms with Crippen LogP contribution in [-0.4, -0.2) is 34.9 Å². The van der Waals surface area contributed by atoms with Gasteiger partial charge in [0.1, 0.15) is 5.82 Å². The minimum absolute atomic E-state index is 0.0215. The van der Waals surface area contributed by atoms with Crippen LogP contribution < -0.4 is 5.73 Å². The zero-order chi connectivity index (χ0) is 18.0. The van der Waals surface area contributed by atoms with Crippen molar-refractivity contribution in [1.29, 1.82) is 0 Å². The number of aromatic nitrogens is 1. The molecule has 1 aliphatic rings. The van der Waals surface area contributed by atoms with Crippen molar-refractivity contribution >= 4 is 5.91 Å². The summed E-state index contributed by atoms with van der Waals surface area (Å²) in [6, 6.07) is 8.73. The molecule has 25 heavy (non-hydrogen) atoms. The molecule has 1 fully saturated rings. The first-order chi connectivity index (χ1) is 12.0. The SMILES string of the molecule is Cc1ccc(-c2ccc(F)cn2)c(C(=O)N2CCCC(C)C2CN)c1. The Labute approximate surface area is 147 Å². The smallest absolute Gasteiger partial charge is 0.254 e. The fourth-order valence-corrected chi connectivity index (χ4v) is 3.61. The van der Waals surface area contributed by atoms with Crippen molar-refractivity contribution in [1.82, 2.24) is 9.88 Å². The second-order valence-electron chi connectivity index (χ2n) is 6.83. The van der Waals surface area contributed by atoms with Gasteiger partial charge in [0.15, 0.2) is 0 Å². The third-order valence-electron chi connectivity index (χ3n) is 5.03. The Morgan fingerprint density at radius 3 is 2.84 bits per heavy atom. The summed E-state index contributed by atoms with van der Waals surface area (Å²) < 4.78 is 13.2. The molecule has 1 aromatic heterocycles. The number of nitrogens with zero attached hydrogens (tertiary/aromatic N) is 2. The number of pyridine rings is 1. The fourth-order valence-electron chi connectivity index (χ4n) is 3.61. The molecule has 1 amide bonds. The van der Waals surface area contributed by atoms with Crippen LogP contribution in [0.15, 0.2) is 36.5 Å². The van der Waals surface area contributed by atoms with E-state index in [1.807, 2.05) is 30.0 Å². The minimum Gasteiger partial charge on any atom is -0.334 e. The zero-order valence-corrected chi connectivity index (χ0v) is 14.7. The highest BCUT2D eigenvalue weighted by Gasteiger charge is 2.32. The van der Waals surface area contributed by atoms with Crippen molar-refractivity contribution in [2.24, 2.45) is 11.7 Å². The van der Waals surface area contributed by atoms with Gasteiger partial charge in [-0.05, 0) is 43.9 Å². The van der Waals surface area contributed by atoms with E-state index in [9.17, 15) is 9.18 Å². The van der Waals surface area contributed by atoms with E-state index in [4.69, 9.17) is 5.73 Å². The van der Waals surface area contributed by atoms with Gasteiger partial charge in [0.2, 0.25) is 0 Å². The van der Waals surface area contributed by atoms with Crippen molar-refractivity contribution < 1.29 is 9.18 Å². The lowest BCUT2D eigenvalue weighted by atomic mass is 9.89. The first kappa shape index (κ1) is 17.5. The molecule has 0 radical (unpaired) electrons. The Bertz CT molecular complexity index is 760. The third-order valence-corrected chi connectivity index (χ3v) is 5.03. The van der Waals surface area contributed by atoms with Gasteiger partial charge in [0, 0.05) is 30.3 Å². The number of benzene rings is 1. The van der Waals surface area contributed by atoms with Crippen LogP contribution in [0.1, 0.15) is 35.7 Å². The van der Waals surface area contributed by atoms with E-state index >= 15 is 0 Å². The van der Waals surface area contributed by atoms with E-state index < -0.39 is 5.82 Å². The fraction of sp³-hybridized carbons (Fsp3) is 0.400. The maximum atomic E-state index is 13.3. The van der Waals surface area contributed by atoms with Crippen molar-refractivity contribution in [3.8, 4) is 11.3 Å². The first-order valence-electron chi connectivity index (χ1n) is 8.75. The van der Waals surface area contributed by atoms with Crippen molar-refractivity contribution in [3.63, 3.8) is 0 Å². The predicted molar refractivity (Wildman–Crippen MR) is 96.6 cm³/mol. The molecule has 1 saturated heterocycles. The molecule has 2 aromatic rings. The number of nitrogens with two attached hydrogens (primary N) is 1. The first-order valence-corrected chi connectivity index (χ1v) is 8.75. The molecule has 132 valence electrons. The van der Waals surface area contributed by atoms with Crippen molar-refractivity contribution in [2.75, 3.05) is 13.1 Å². The van der Waals surface area contributed by atoms with Crippen LogP contribution in [0.3, 0.4) is 0 Å². The van der Waals surface area contributed by atoms with Crippen molar-refractivity contribution in [2.45, 2.75) is 32.7 Å². The molecule has 0 aliphatic carbocycles. The van der Waals surface area contributed by atoms with Gasteiger partial charge in [-0.3, -0.25) is 9.78 Å². The Hall–Kier alpha value is -2.27. The number of likely N-dealkylation sites (tertiary alicyclic amines) is 1. The van der Waals surface area contributed by atoms with Gasteiger partial charge in [0.05, 0.1) is 11.9 Å². The molecule has 0 saturated carbocycles. The normalized spacial score (nSPS) is 20.6. The number of aryl methyl sites for hydroxylation is 1. The van der Waals surface area contributed by atoms with E-state index in [2.05, 4.69) is 11.9 Å². The summed E-state index contributed by atoms with van der Waals surface area (Å²) in [7, 11) is 0. The molecule has 4 nitrogen and oxygen atoms in total. The van der Waals surface area contributed by atoms with E-state index in [0.29, 0.717) is 23.7 Å². The number of piperidine rings is 1. The van der Waals surface area contributed by atoms with Crippen LogP contribution in [0.5, 0.6) is 0 Å². The van der Waals surface area contributed by atoms with Crippen LogP contribution in [-0.2, 0) is 0 Å². The second-order valence-corrected chi connectivity index (χ2v) is 6.83.